The van der Waals surface area contributed by atoms with Crippen molar-refractivity contribution < 1.29 is 9.59 Å². The molecule has 2 saturated heterocycles. The average molecular weight is 223 g/mol. The Bertz CT molecular complexity index is 363. The molecule has 2 rings (SSSR count). The average Bonchev–Trinajstić information content (AvgIpc) is 2.55. The van der Waals surface area contributed by atoms with Gasteiger partial charge >= 0.3 is 0 Å². The van der Waals surface area contributed by atoms with E-state index in [-0.39, 0.29) is 23.7 Å². The molecule has 2 amide bonds. The van der Waals surface area contributed by atoms with Crippen LogP contribution in [0.15, 0.2) is 5.11 Å². The van der Waals surface area contributed by atoms with Gasteiger partial charge in [0.2, 0.25) is 11.8 Å². The Hall–Kier alpha value is -1.59. The Morgan fingerprint density at radius 3 is 2.94 bits per heavy atom. The fourth-order valence-corrected chi connectivity index (χ4v) is 2.34. The minimum absolute atomic E-state index is 0.135. The second-order valence-corrected chi connectivity index (χ2v) is 4.11. The van der Waals surface area contributed by atoms with E-state index < -0.39 is 0 Å². The van der Waals surface area contributed by atoms with Crippen molar-refractivity contribution in [3.05, 3.63) is 10.4 Å². The van der Waals surface area contributed by atoms with Crippen molar-refractivity contribution in [2.75, 3.05) is 26.2 Å². The monoisotopic (exact) mass is 223 g/mol. The number of nitrogens with zero attached hydrogens (tertiary/aromatic N) is 4. The summed E-state index contributed by atoms with van der Waals surface area (Å²) in [4.78, 5) is 27.6. The van der Waals surface area contributed by atoms with Gasteiger partial charge in [-0.05, 0) is 18.5 Å². The molecule has 0 aliphatic carbocycles. The number of fused-ring (bicyclic) bond motifs is 1. The van der Waals surface area contributed by atoms with E-state index in [0.717, 1.165) is 6.54 Å². The third-order valence-electron chi connectivity index (χ3n) is 3.20. The van der Waals surface area contributed by atoms with E-state index in [1.165, 1.54) is 0 Å². The second-order valence-electron chi connectivity index (χ2n) is 4.11. The molecule has 2 heterocycles. The van der Waals surface area contributed by atoms with E-state index in [4.69, 9.17) is 5.53 Å². The Kier molecular flexibility index (Phi) is 3.07. The van der Waals surface area contributed by atoms with E-state index in [1.807, 2.05) is 0 Å². The zero-order chi connectivity index (χ0) is 11.5. The van der Waals surface area contributed by atoms with Crippen LogP contribution in [0.5, 0.6) is 0 Å². The number of piperidine rings is 1. The molecule has 2 fully saturated rings. The van der Waals surface area contributed by atoms with E-state index >= 15 is 0 Å². The van der Waals surface area contributed by atoms with Crippen LogP contribution >= 0.6 is 0 Å². The lowest BCUT2D eigenvalue weighted by Crippen LogP contribution is -2.42. The molecule has 2 aliphatic rings. The van der Waals surface area contributed by atoms with Crippen molar-refractivity contribution >= 4 is 11.8 Å². The number of imide groups is 1. The number of likely N-dealkylation sites (tertiary alicyclic amines) is 1. The van der Waals surface area contributed by atoms with Gasteiger partial charge in [-0.1, -0.05) is 5.11 Å². The molecule has 0 aromatic rings. The van der Waals surface area contributed by atoms with Crippen molar-refractivity contribution in [3.8, 4) is 0 Å². The molecule has 0 bridgehead atoms. The van der Waals surface area contributed by atoms with E-state index in [9.17, 15) is 9.59 Å². The summed E-state index contributed by atoms with van der Waals surface area (Å²) in [5.74, 6) is -0.663. The third-order valence-corrected chi connectivity index (χ3v) is 3.20. The quantitative estimate of drug-likeness (QED) is 0.313. The molecule has 0 saturated carbocycles. The molecule has 0 unspecified atom stereocenters. The Morgan fingerprint density at radius 2 is 2.19 bits per heavy atom. The van der Waals surface area contributed by atoms with Gasteiger partial charge in [0, 0.05) is 24.5 Å². The van der Waals surface area contributed by atoms with Crippen molar-refractivity contribution in [2.45, 2.75) is 6.42 Å². The lowest BCUT2D eigenvalue weighted by molar-refractivity contribution is -0.126. The summed E-state index contributed by atoms with van der Waals surface area (Å²) in [7, 11) is 0. The highest BCUT2D eigenvalue weighted by atomic mass is 16.2. The summed E-state index contributed by atoms with van der Waals surface area (Å²) in [5.41, 5.74) is 8.15. The summed E-state index contributed by atoms with van der Waals surface area (Å²) in [5, 5.41) is 5.82. The minimum Gasteiger partial charge on any atom is -0.302 e. The molecule has 86 valence electrons. The molecule has 0 aromatic carbocycles. The number of amides is 2. The van der Waals surface area contributed by atoms with Gasteiger partial charge in [-0.3, -0.25) is 14.9 Å². The van der Waals surface area contributed by atoms with E-state index in [2.05, 4.69) is 20.2 Å². The predicted octanol–water partition coefficient (Wildman–Crippen LogP) is -0.109. The smallest absolute Gasteiger partial charge is 0.231 e. The van der Waals surface area contributed by atoms with Gasteiger partial charge in [0.15, 0.2) is 0 Å². The van der Waals surface area contributed by atoms with Crippen LogP contribution in [-0.2, 0) is 9.59 Å². The van der Waals surface area contributed by atoms with Crippen LogP contribution in [0.25, 0.3) is 10.4 Å². The van der Waals surface area contributed by atoms with E-state index in [1.54, 1.807) is 0 Å². The number of hydrogen-bond acceptors (Lipinski definition) is 4. The molecular weight excluding hydrogens is 210 g/mol. The lowest BCUT2D eigenvalue weighted by Gasteiger charge is -2.31. The molecule has 7 nitrogen and oxygen atoms in total. The van der Waals surface area contributed by atoms with Gasteiger partial charge in [0.25, 0.3) is 0 Å². The molecule has 0 spiro atoms. The van der Waals surface area contributed by atoms with Crippen LogP contribution in [0.1, 0.15) is 6.42 Å². The first-order valence-corrected chi connectivity index (χ1v) is 5.30. The second kappa shape index (κ2) is 4.51. The molecule has 16 heavy (non-hydrogen) atoms. The van der Waals surface area contributed by atoms with Crippen LogP contribution < -0.4 is 5.32 Å². The summed E-state index contributed by atoms with van der Waals surface area (Å²) in [6.07, 6.45) is 0.707. The first kappa shape index (κ1) is 10.9. The van der Waals surface area contributed by atoms with E-state index in [0.29, 0.717) is 26.1 Å². The summed E-state index contributed by atoms with van der Waals surface area (Å²) in [6.45, 7) is 2.42. The Labute approximate surface area is 92.4 Å². The molecule has 2 atom stereocenters. The molecule has 1 N–H and O–H groups in total. The Morgan fingerprint density at radius 1 is 1.44 bits per heavy atom. The number of nitrogens with one attached hydrogen (secondary N) is 1. The largest absolute Gasteiger partial charge is 0.302 e. The van der Waals surface area contributed by atoms with Crippen molar-refractivity contribution in [1.82, 2.24) is 10.2 Å². The maximum absolute atomic E-state index is 11.5. The SMILES string of the molecule is [N-]=[N+]=NCCN1CC[C@H]2C(=O)NC(=O)[C@@H]2C1. The summed E-state index contributed by atoms with van der Waals surface area (Å²) < 4.78 is 0. The number of carbonyl (C=O) groups excluding carboxylic acids is 2. The number of carbonyl (C=O) groups is 2. The highest BCUT2D eigenvalue weighted by Gasteiger charge is 2.44. The normalized spacial score (nSPS) is 29.5. The van der Waals surface area contributed by atoms with Crippen molar-refractivity contribution in [3.63, 3.8) is 0 Å². The van der Waals surface area contributed by atoms with Crippen LogP contribution in [0, 0.1) is 11.8 Å². The first-order valence-electron chi connectivity index (χ1n) is 5.30. The fourth-order valence-electron chi connectivity index (χ4n) is 2.34. The maximum atomic E-state index is 11.5. The topological polar surface area (TPSA) is 98.2 Å². The molecule has 0 radical (unpaired) electrons. The molecule has 0 aromatic heterocycles. The van der Waals surface area contributed by atoms with Crippen LogP contribution in [0.4, 0.5) is 0 Å². The minimum atomic E-state index is -0.215. The fraction of sp³-hybridized carbons (Fsp3) is 0.778. The maximum Gasteiger partial charge on any atom is 0.231 e. The third kappa shape index (κ3) is 2.00. The van der Waals surface area contributed by atoms with Gasteiger partial charge in [-0.15, -0.1) is 0 Å². The zero-order valence-electron chi connectivity index (χ0n) is 8.80. The van der Waals surface area contributed by atoms with Crippen LogP contribution in [0.3, 0.4) is 0 Å². The highest BCUT2D eigenvalue weighted by Crippen LogP contribution is 2.28. The first-order chi connectivity index (χ1) is 7.72. The predicted molar refractivity (Wildman–Crippen MR) is 55.2 cm³/mol. The highest BCUT2D eigenvalue weighted by molar-refractivity contribution is 6.05. The van der Waals surface area contributed by atoms with Gasteiger partial charge in [0.1, 0.15) is 0 Å². The van der Waals surface area contributed by atoms with Gasteiger partial charge < -0.3 is 4.90 Å². The summed E-state index contributed by atoms with van der Waals surface area (Å²) in [6, 6.07) is 0. The van der Waals surface area contributed by atoms with Gasteiger partial charge in [-0.2, -0.15) is 0 Å². The lowest BCUT2D eigenvalue weighted by atomic mass is 9.88. The molecule has 7 heteroatoms. The molecule has 2 aliphatic heterocycles. The van der Waals surface area contributed by atoms with Crippen molar-refractivity contribution in [2.24, 2.45) is 17.0 Å². The van der Waals surface area contributed by atoms with Gasteiger partial charge in [-0.25, -0.2) is 0 Å². The van der Waals surface area contributed by atoms with Crippen LogP contribution in [-0.4, -0.2) is 42.9 Å². The van der Waals surface area contributed by atoms with Crippen molar-refractivity contribution in [1.29, 1.82) is 0 Å². The van der Waals surface area contributed by atoms with Gasteiger partial charge in [0.05, 0.1) is 11.8 Å². The number of hydrogen-bond donors (Lipinski definition) is 1. The number of rotatable bonds is 3. The summed E-state index contributed by atoms with van der Waals surface area (Å²) >= 11 is 0. The molecular formula is C9H13N5O2. The zero-order valence-corrected chi connectivity index (χ0v) is 8.80. The Balaban J connectivity index is 1.92. The number of azide groups is 1. The standard InChI is InChI=1S/C9H13N5O2/c10-13-11-2-4-14-3-1-6-7(5-14)9(16)12-8(6)15/h6-7H,1-5H2,(H,12,15,16)/t6-,7-/m1/s1. The van der Waals surface area contributed by atoms with Crippen LogP contribution in [0.2, 0.25) is 0 Å².